The highest BCUT2D eigenvalue weighted by Gasteiger charge is 2.15. The molecule has 0 aliphatic carbocycles. The maximum Gasteiger partial charge on any atom is 0.124 e. The van der Waals surface area contributed by atoms with E-state index >= 15 is 0 Å². The van der Waals surface area contributed by atoms with E-state index in [-0.39, 0.29) is 10.8 Å². The molecule has 0 saturated carbocycles. The van der Waals surface area contributed by atoms with E-state index in [2.05, 4.69) is 18.1 Å². The number of halogens is 1. The molecule has 0 aromatic heterocycles. The van der Waals surface area contributed by atoms with Gasteiger partial charge in [-0.1, -0.05) is 12.2 Å². The molecule has 1 unspecified atom stereocenters. The molecule has 1 atom stereocenters. The van der Waals surface area contributed by atoms with Gasteiger partial charge in [0.15, 0.2) is 0 Å². The Morgan fingerprint density at radius 3 is 2.76 bits per heavy atom. The van der Waals surface area contributed by atoms with Crippen molar-refractivity contribution in [2.24, 2.45) is 5.73 Å². The molecule has 94 valence electrons. The molecule has 1 rings (SSSR count). The lowest BCUT2D eigenvalue weighted by Crippen LogP contribution is -2.32. The summed E-state index contributed by atoms with van der Waals surface area (Å²) in [5.74, 6) is 0.674. The molecule has 0 fully saturated rings. The third-order valence-corrected chi connectivity index (χ3v) is 3.71. The summed E-state index contributed by atoms with van der Waals surface area (Å²) in [7, 11) is 1.97. The molecule has 0 aliphatic heterocycles. The molecule has 0 saturated heterocycles. The first kappa shape index (κ1) is 14.3. The third-order valence-electron chi connectivity index (χ3n) is 2.67. The summed E-state index contributed by atoms with van der Waals surface area (Å²) >= 11 is 6.73. The normalized spacial score (nSPS) is 12.2. The number of nitrogens with zero attached hydrogens (tertiary/aromatic N) is 1. The Bertz CT molecular complexity index is 409. The van der Waals surface area contributed by atoms with Gasteiger partial charge in [0, 0.05) is 30.1 Å². The van der Waals surface area contributed by atoms with E-state index in [1.807, 2.05) is 7.05 Å². The lowest BCUT2D eigenvalue weighted by atomic mass is 10.1. The van der Waals surface area contributed by atoms with Crippen LogP contribution in [0, 0.1) is 5.82 Å². The van der Waals surface area contributed by atoms with Gasteiger partial charge in [-0.2, -0.15) is 11.8 Å². The second kappa shape index (κ2) is 6.21. The van der Waals surface area contributed by atoms with Crippen LogP contribution in [0.3, 0.4) is 0 Å². The number of benzene rings is 1. The molecule has 0 radical (unpaired) electrons. The number of thioether (sulfide) groups is 1. The van der Waals surface area contributed by atoms with Crippen LogP contribution in [0.15, 0.2) is 18.2 Å². The highest BCUT2D eigenvalue weighted by molar-refractivity contribution is 7.98. The van der Waals surface area contributed by atoms with Gasteiger partial charge in [0.1, 0.15) is 10.8 Å². The van der Waals surface area contributed by atoms with E-state index in [1.165, 1.54) is 12.1 Å². The van der Waals surface area contributed by atoms with Crippen LogP contribution in [0.1, 0.15) is 12.5 Å². The second-order valence-corrected chi connectivity index (χ2v) is 5.29. The predicted molar refractivity (Wildman–Crippen MR) is 78.5 cm³/mol. The molecule has 2 N–H and O–H groups in total. The average Bonchev–Trinajstić information content (AvgIpc) is 2.28. The molecule has 1 aromatic rings. The van der Waals surface area contributed by atoms with Gasteiger partial charge in [0.05, 0.1) is 0 Å². The van der Waals surface area contributed by atoms with Gasteiger partial charge in [-0.05, 0) is 31.4 Å². The Balaban J connectivity index is 3.08. The minimum Gasteiger partial charge on any atom is -0.389 e. The van der Waals surface area contributed by atoms with Gasteiger partial charge in [-0.3, -0.25) is 0 Å². The minimum absolute atomic E-state index is 0.225. The predicted octanol–water partition coefficient (Wildman–Crippen LogP) is 2.65. The van der Waals surface area contributed by atoms with E-state index in [9.17, 15) is 4.39 Å². The van der Waals surface area contributed by atoms with Crippen molar-refractivity contribution in [3.05, 3.63) is 29.6 Å². The molecular weight excluding hydrogens is 255 g/mol. The van der Waals surface area contributed by atoms with Gasteiger partial charge < -0.3 is 10.6 Å². The zero-order valence-electron chi connectivity index (χ0n) is 10.2. The fourth-order valence-electron chi connectivity index (χ4n) is 1.60. The smallest absolute Gasteiger partial charge is 0.124 e. The molecule has 0 bridgehead atoms. The Morgan fingerprint density at radius 2 is 2.24 bits per heavy atom. The standard InChI is InChI=1S/C12H17FN2S2/c1-8(7-17-3)15(2)11-5-4-9(13)6-10(11)12(14)16/h4-6,8H,7H2,1-3H3,(H2,14,16). The number of rotatable bonds is 5. The van der Waals surface area contributed by atoms with E-state index in [4.69, 9.17) is 18.0 Å². The largest absolute Gasteiger partial charge is 0.389 e. The van der Waals surface area contributed by atoms with Crippen LogP contribution in [0.2, 0.25) is 0 Å². The highest BCUT2D eigenvalue weighted by atomic mass is 32.2. The van der Waals surface area contributed by atoms with Crippen molar-refractivity contribution in [2.45, 2.75) is 13.0 Å². The number of hydrogen-bond donors (Lipinski definition) is 1. The quantitative estimate of drug-likeness (QED) is 0.835. The van der Waals surface area contributed by atoms with E-state index in [1.54, 1.807) is 17.8 Å². The Morgan fingerprint density at radius 1 is 1.59 bits per heavy atom. The summed E-state index contributed by atoms with van der Waals surface area (Å²) in [5, 5.41) is 0. The van der Waals surface area contributed by atoms with E-state index in [0.29, 0.717) is 11.6 Å². The van der Waals surface area contributed by atoms with Gasteiger partial charge in [0.2, 0.25) is 0 Å². The molecule has 0 heterocycles. The summed E-state index contributed by atoms with van der Waals surface area (Å²) in [6.45, 7) is 2.11. The monoisotopic (exact) mass is 272 g/mol. The van der Waals surface area contributed by atoms with Crippen LogP contribution in [0.4, 0.5) is 10.1 Å². The van der Waals surface area contributed by atoms with Crippen molar-refractivity contribution in [1.82, 2.24) is 0 Å². The van der Waals surface area contributed by atoms with Gasteiger partial charge in [-0.15, -0.1) is 0 Å². The lowest BCUT2D eigenvalue weighted by molar-refractivity contribution is 0.627. The van der Waals surface area contributed by atoms with Crippen molar-refractivity contribution >= 4 is 34.7 Å². The van der Waals surface area contributed by atoms with Crippen LogP contribution in [-0.2, 0) is 0 Å². The summed E-state index contributed by atoms with van der Waals surface area (Å²) in [6, 6.07) is 4.88. The van der Waals surface area contributed by atoms with Gasteiger partial charge in [-0.25, -0.2) is 4.39 Å². The second-order valence-electron chi connectivity index (χ2n) is 3.94. The van der Waals surface area contributed by atoms with Gasteiger partial charge >= 0.3 is 0 Å². The maximum absolute atomic E-state index is 13.2. The fraction of sp³-hybridized carbons (Fsp3) is 0.417. The molecule has 2 nitrogen and oxygen atoms in total. The first-order valence-corrected chi connectivity index (χ1v) is 7.08. The molecule has 0 spiro atoms. The Hall–Kier alpha value is -0.810. The van der Waals surface area contributed by atoms with Crippen molar-refractivity contribution in [1.29, 1.82) is 0 Å². The van der Waals surface area contributed by atoms with E-state index in [0.717, 1.165) is 11.4 Å². The van der Waals surface area contributed by atoms with Crippen LogP contribution >= 0.6 is 24.0 Å². The first-order chi connectivity index (χ1) is 7.97. The third kappa shape index (κ3) is 3.57. The minimum atomic E-state index is -0.317. The zero-order chi connectivity index (χ0) is 13.0. The number of thiocarbonyl (C=S) groups is 1. The summed E-state index contributed by atoms with van der Waals surface area (Å²) in [6.07, 6.45) is 2.06. The molecule has 0 amide bonds. The molecule has 1 aromatic carbocycles. The molecule has 5 heteroatoms. The highest BCUT2D eigenvalue weighted by Crippen LogP contribution is 2.23. The van der Waals surface area contributed by atoms with Crippen molar-refractivity contribution in [3.63, 3.8) is 0 Å². The maximum atomic E-state index is 13.2. The van der Waals surface area contributed by atoms with Crippen molar-refractivity contribution in [2.75, 3.05) is 24.0 Å². The Labute approximate surface area is 111 Å². The topological polar surface area (TPSA) is 29.3 Å². The number of nitrogens with two attached hydrogens (primary N) is 1. The van der Waals surface area contributed by atoms with Crippen LogP contribution in [0.5, 0.6) is 0 Å². The zero-order valence-corrected chi connectivity index (χ0v) is 11.9. The summed E-state index contributed by atoms with van der Waals surface area (Å²) in [5.41, 5.74) is 7.10. The molecule has 0 aliphatic rings. The summed E-state index contributed by atoms with van der Waals surface area (Å²) < 4.78 is 13.2. The fourth-order valence-corrected chi connectivity index (χ4v) is 2.47. The number of anilines is 1. The first-order valence-electron chi connectivity index (χ1n) is 5.28. The van der Waals surface area contributed by atoms with E-state index < -0.39 is 0 Å². The average molecular weight is 272 g/mol. The van der Waals surface area contributed by atoms with Crippen LogP contribution in [-0.4, -0.2) is 30.1 Å². The van der Waals surface area contributed by atoms with Gasteiger partial charge in [0.25, 0.3) is 0 Å². The summed E-state index contributed by atoms with van der Waals surface area (Å²) in [4.78, 5) is 2.30. The number of hydrogen-bond acceptors (Lipinski definition) is 3. The van der Waals surface area contributed by atoms with Crippen LogP contribution in [0.25, 0.3) is 0 Å². The lowest BCUT2D eigenvalue weighted by Gasteiger charge is -2.28. The molecular formula is C12H17FN2S2. The Kier molecular flexibility index (Phi) is 5.21. The van der Waals surface area contributed by atoms with Crippen LogP contribution < -0.4 is 10.6 Å². The molecule has 17 heavy (non-hydrogen) atoms. The van der Waals surface area contributed by atoms with Crippen molar-refractivity contribution in [3.8, 4) is 0 Å². The van der Waals surface area contributed by atoms with Crippen molar-refractivity contribution < 1.29 is 4.39 Å². The SMILES string of the molecule is CSCC(C)N(C)c1ccc(F)cc1C(N)=S.